The molecule has 1 aromatic carbocycles. The Balaban J connectivity index is 2.00. The molecule has 1 aliphatic rings. The first-order chi connectivity index (χ1) is 9.61. The largest absolute Gasteiger partial charge is 0.385 e. The van der Waals surface area contributed by atoms with Crippen molar-refractivity contribution in [1.29, 1.82) is 0 Å². The minimum Gasteiger partial charge on any atom is -0.385 e. The molecule has 1 fully saturated rings. The van der Waals surface area contributed by atoms with Crippen molar-refractivity contribution < 1.29 is 4.79 Å². The second-order valence-corrected chi connectivity index (χ2v) is 5.94. The summed E-state index contributed by atoms with van der Waals surface area (Å²) in [5, 5.41) is 3.38. The third-order valence-electron chi connectivity index (χ3n) is 4.14. The zero-order valence-corrected chi connectivity index (χ0v) is 12.9. The quantitative estimate of drug-likeness (QED) is 0.858. The Bertz CT molecular complexity index is 466. The van der Waals surface area contributed by atoms with Crippen molar-refractivity contribution in [2.45, 2.75) is 39.5 Å². The van der Waals surface area contributed by atoms with Crippen LogP contribution >= 0.6 is 0 Å². The highest BCUT2D eigenvalue weighted by Crippen LogP contribution is 2.27. The van der Waals surface area contributed by atoms with Crippen molar-refractivity contribution in [2.24, 2.45) is 5.92 Å². The van der Waals surface area contributed by atoms with Gasteiger partial charge in [-0.1, -0.05) is 13.3 Å². The Morgan fingerprint density at radius 1 is 1.40 bits per heavy atom. The molecule has 0 saturated heterocycles. The second kappa shape index (κ2) is 6.78. The van der Waals surface area contributed by atoms with E-state index in [9.17, 15) is 4.79 Å². The van der Waals surface area contributed by atoms with Crippen LogP contribution in [0, 0.1) is 12.8 Å². The number of hydrogen-bond acceptors (Lipinski definition) is 2. The summed E-state index contributed by atoms with van der Waals surface area (Å²) < 4.78 is 0. The Kier molecular flexibility index (Phi) is 5.05. The topological polar surface area (TPSA) is 32.3 Å². The molecule has 110 valence electrons. The molecule has 3 nitrogen and oxygen atoms in total. The molecule has 3 heteroatoms. The lowest BCUT2D eigenvalue weighted by atomic mass is 9.85. The fraction of sp³-hybridized carbons (Fsp3) is 0.588. The highest BCUT2D eigenvalue weighted by atomic mass is 16.2. The van der Waals surface area contributed by atoms with Gasteiger partial charge in [0.15, 0.2) is 0 Å². The summed E-state index contributed by atoms with van der Waals surface area (Å²) in [4.78, 5) is 14.3. The molecule has 0 aliphatic heterocycles. The number of benzene rings is 1. The summed E-state index contributed by atoms with van der Waals surface area (Å²) in [6.45, 7) is 6.07. The summed E-state index contributed by atoms with van der Waals surface area (Å²) in [5.74, 6) is 0.859. The lowest BCUT2D eigenvalue weighted by molar-refractivity contribution is 0.0745. The molecule has 1 N–H and O–H groups in total. The smallest absolute Gasteiger partial charge is 0.253 e. The third kappa shape index (κ3) is 3.53. The first-order valence-electron chi connectivity index (χ1n) is 7.71. The molecular formula is C17H26N2O. The number of amides is 1. The Morgan fingerprint density at radius 3 is 2.70 bits per heavy atom. The molecule has 1 aliphatic carbocycles. The molecule has 1 saturated carbocycles. The van der Waals surface area contributed by atoms with E-state index in [0.29, 0.717) is 0 Å². The van der Waals surface area contributed by atoms with Crippen LogP contribution in [-0.4, -0.2) is 30.9 Å². The summed E-state index contributed by atoms with van der Waals surface area (Å²) in [6, 6.07) is 5.96. The Labute approximate surface area is 122 Å². The van der Waals surface area contributed by atoms with Gasteiger partial charge in [-0.15, -0.1) is 0 Å². The summed E-state index contributed by atoms with van der Waals surface area (Å²) in [6.07, 6.45) is 4.97. The van der Waals surface area contributed by atoms with Gasteiger partial charge in [-0.2, -0.15) is 0 Å². The number of aryl methyl sites for hydroxylation is 1. The lowest BCUT2D eigenvalue weighted by Crippen LogP contribution is -2.34. The molecule has 0 bridgehead atoms. The van der Waals surface area contributed by atoms with E-state index in [-0.39, 0.29) is 5.91 Å². The minimum absolute atomic E-state index is 0.141. The van der Waals surface area contributed by atoms with E-state index in [2.05, 4.69) is 19.2 Å². The average molecular weight is 274 g/mol. The van der Waals surface area contributed by atoms with Gasteiger partial charge >= 0.3 is 0 Å². The van der Waals surface area contributed by atoms with Crippen molar-refractivity contribution in [3.8, 4) is 0 Å². The van der Waals surface area contributed by atoms with Gasteiger partial charge in [-0.05, 0) is 55.9 Å². The molecule has 1 aromatic rings. The maximum Gasteiger partial charge on any atom is 0.253 e. The van der Waals surface area contributed by atoms with Gasteiger partial charge in [-0.25, -0.2) is 0 Å². The predicted molar refractivity (Wildman–Crippen MR) is 84.3 cm³/mol. The second-order valence-electron chi connectivity index (χ2n) is 5.94. The van der Waals surface area contributed by atoms with E-state index in [1.807, 2.05) is 30.1 Å². The van der Waals surface area contributed by atoms with Crippen LogP contribution in [0.2, 0.25) is 0 Å². The van der Waals surface area contributed by atoms with Gasteiger partial charge < -0.3 is 10.2 Å². The Hall–Kier alpha value is -1.51. The Morgan fingerprint density at radius 2 is 2.15 bits per heavy atom. The maximum atomic E-state index is 12.4. The van der Waals surface area contributed by atoms with Gasteiger partial charge in [0.1, 0.15) is 0 Å². The molecule has 0 unspecified atom stereocenters. The van der Waals surface area contributed by atoms with E-state index in [1.165, 1.54) is 19.3 Å². The van der Waals surface area contributed by atoms with Crippen LogP contribution in [0.5, 0.6) is 0 Å². The number of carbonyl (C=O) groups is 1. The van der Waals surface area contributed by atoms with E-state index in [4.69, 9.17) is 0 Å². The first-order valence-corrected chi connectivity index (χ1v) is 7.71. The summed E-state index contributed by atoms with van der Waals surface area (Å²) in [7, 11) is 1.92. The molecular weight excluding hydrogens is 248 g/mol. The average Bonchev–Trinajstić information content (AvgIpc) is 2.40. The zero-order chi connectivity index (χ0) is 14.5. The van der Waals surface area contributed by atoms with Gasteiger partial charge in [-0.3, -0.25) is 4.79 Å². The molecule has 1 amide bonds. The molecule has 0 spiro atoms. The molecule has 0 atom stereocenters. The number of carbonyl (C=O) groups excluding carboxylic acids is 1. The van der Waals surface area contributed by atoms with Gasteiger partial charge in [0.05, 0.1) is 0 Å². The van der Waals surface area contributed by atoms with Crippen LogP contribution < -0.4 is 5.32 Å². The van der Waals surface area contributed by atoms with Crippen LogP contribution in [0.3, 0.4) is 0 Å². The van der Waals surface area contributed by atoms with E-state index >= 15 is 0 Å². The van der Waals surface area contributed by atoms with Gasteiger partial charge in [0.25, 0.3) is 5.91 Å². The fourth-order valence-corrected chi connectivity index (χ4v) is 2.62. The van der Waals surface area contributed by atoms with Gasteiger partial charge in [0.2, 0.25) is 0 Å². The van der Waals surface area contributed by atoms with Crippen molar-refractivity contribution in [2.75, 3.05) is 25.5 Å². The van der Waals surface area contributed by atoms with Crippen molar-refractivity contribution >= 4 is 11.6 Å². The molecule has 0 radical (unpaired) electrons. The van der Waals surface area contributed by atoms with Crippen LogP contribution in [0.4, 0.5) is 5.69 Å². The SMILES string of the molecule is CCCNc1ccc(C(=O)N(C)CC2CCC2)cc1C. The van der Waals surface area contributed by atoms with Crippen LogP contribution in [-0.2, 0) is 0 Å². The standard InChI is InChI=1S/C17H26N2O/c1-4-10-18-16-9-8-15(11-13(16)2)17(20)19(3)12-14-6-5-7-14/h8-9,11,14,18H,4-7,10,12H2,1-3H3. The number of hydrogen-bond donors (Lipinski definition) is 1. The van der Waals surface area contributed by atoms with E-state index in [1.54, 1.807) is 0 Å². The van der Waals surface area contributed by atoms with Crippen LogP contribution in [0.1, 0.15) is 48.5 Å². The maximum absolute atomic E-state index is 12.4. The number of anilines is 1. The molecule has 20 heavy (non-hydrogen) atoms. The fourth-order valence-electron chi connectivity index (χ4n) is 2.62. The zero-order valence-electron chi connectivity index (χ0n) is 12.9. The normalized spacial score (nSPS) is 14.8. The van der Waals surface area contributed by atoms with Crippen LogP contribution in [0.25, 0.3) is 0 Å². The number of nitrogens with one attached hydrogen (secondary N) is 1. The van der Waals surface area contributed by atoms with Crippen molar-refractivity contribution in [3.05, 3.63) is 29.3 Å². The minimum atomic E-state index is 0.141. The molecule has 0 aromatic heterocycles. The van der Waals surface area contributed by atoms with Gasteiger partial charge in [0, 0.05) is 31.4 Å². The predicted octanol–water partition coefficient (Wildman–Crippen LogP) is 3.69. The molecule has 0 heterocycles. The lowest BCUT2D eigenvalue weighted by Gasteiger charge is -2.30. The van der Waals surface area contributed by atoms with Crippen molar-refractivity contribution in [1.82, 2.24) is 4.90 Å². The number of nitrogens with zero attached hydrogens (tertiary/aromatic N) is 1. The van der Waals surface area contributed by atoms with E-state index < -0.39 is 0 Å². The number of rotatable bonds is 6. The third-order valence-corrected chi connectivity index (χ3v) is 4.14. The summed E-state index contributed by atoms with van der Waals surface area (Å²) >= 11 is 0. The highest BCUT2D eigenvalue weighted by Gasteiger charge is 2.22. The van der Waals surface area contributed by atoms with E-state index in [0.717, 1.165) is 42.2 Å². The first kappa shape index (κ1) is 14.9. The highest BCUT2D eigenvalue weighted by molar-refractivity contribution is 5.94. The van der Waals surface area contributed by atoms with Crippen molar-refractivity contribution in [3.63, 3.8) is 0 Å². The molecule has 2 rings (SSSR count). The van der Waals surface area contributed by atoms with Crippen LogP contribution in [0.15, 0.2) is 18.2 Å². The monoisotopic (exact) mass is 274 g/mol. The summed E-state index contributed by atoms with van der Waals surface area (Å²) in [5.41, 5.74) is 3.07.